The maximum atomic E-state index is 13.0. The number of hydrogen-bond donors (Lipinski definition) is 2. The van der Waals surface area contributed by atoms with E-state index in [4.69, 9.17) is 4.98 Å². The highest BCUT2D eigenvalue weighted by atomic mass is 32.1. The summed E-state index contributed by atoms with van der Waals surface area (Å²) in [6.07, 6.45) is -1.11. The van der Waals surface area contributed by atoms with Crippen molar-refractivity contribution in [1.82, 2.24) is 9.97 Å². The zero-order chi connectivity index (χ0) is 24.4. The van der Waals surface area contributed by atoms with E-state index < -0.39 is 17.6 Å². The van der Waals surface area contributed by atoms with Crippen LogP contribution in [0.25, 0.3) is 21.5 Å². The van der Waals surface area contributed by atoms with Gasteiger partial charge in [0.2, 0.25) is 0 Å². The van der Waals surface area contributed by atoms with E-state index in [1.807, 2.05) is 35.7 Å². The molecule has 9 heteroatoms. The first-order chi connectivity index (χ1) is 16.9. The molecule has 0 unspecified atom stereocenters. The molecule has 0 fully saturated rings. The summed E-state index contributed by atoms with van der Waals surface area (Å²) in [5, 5.41) is 8.96. The third kappa shape index (κ3) is 4.99. The minimum absolute atomic E-state index is 0.0747. The average Bonchev–Trinajstić information content (AvgIpc) is 3.34. The Morgan fingerprint density at radius 1 is 0.886 bits per heavy atom. The molecule has 35 heavy (non-hydrogen) atoms. The minimum Gasteiger partial charge on any atom is -0.355 e. The lowest BCUT2D eigenvalue weighted by Gasteiger charge is -2.13. The lowest BCUT2D eigenvalue weighted by molar-refractivity contribution is -0.137. The first-order valence-corrected chi connectivity index (χ1v) is 11.4. The Morgan fingerprint density at radius 2 is 1.66 bits per heavy atom. The molecule has 5 nitrogen and oxygen atoms in total. The van der Waals surface area contributed by atoms with Crippen molar-refractivity contribution >= 4 is 44.5 Å². The molecule has 0 saturated heterocycles. The molecule has 3 heterocycles. The molecule has 0 radical (unpaired) electrons. The van der Waals surface area contributed by atoms with E-state index in [-0.39, 0.29) is 5.56 Å². The van der Waals surface area contributed by atoms with Crippen LogP contribution in [0.2, 0.25) is 0 Å². The highest BCUT2D eigenvalue weighted by Gasteiger charge is 2.30. The Morgan fingerprint density at radius 3 is 2.46 bits per heavy atom. The van der Waals surface area contributed by atoms with Gasteiger partial charge >= 0.3 is 6.18 Å². The Labute approximate surface area is 202 Å². The molecule has 0 saturated carbocycles. The number of nitrogens with zero attached hydrogens (tertiary/aromatic N) is 2. The first-order valence-electron chi connectivity index (χ1n) is 10.5. The van der Waals surface area contributed by atoms with Crippen molar-refractivity contribution in [2.75, 3.05) is 10.6 Å². The number of carbonyl (C=O) groups is 1. The van der Waals surface area contributed by atoms with Crippen LogP contribution in [0.4, 0.5) is 30.2 Å². The molecular formula is C26H17F3N4OS. The molecular weight excluding hydrogens is 473 g/mol. The van der Waals surface area contributed by atoms with Gasteiger partial charge in [-0.3, -0.25) is 9.78 Å². The molecule has 0 bridgehead atoms. The van der Waals surface area contributed by atoms with Gasteiger partial charge in [-0.05, 0) is 66.0 Å². The Bertz CT molecular complexity index is 1520. The van der Waals surface area contributed by atoms with Crippen LogP contribution >= 0.6 is 11.3 Å². The third-order valence-electron chi connectivity index (χ3n) is 5.27. The first kappa shape index (κ1) is 22.5. The fourth-order valence-electron chi connectivity index (χ4n) is 3.59. The number of amides is 1. The number of alkyl halides is 3. The van der Waals surface area contributed by atoms with Gasteiger partial charge in [0.1, 0.15) is 4.83 Å². The average molecular weight is 491 g/mol. The van der Waals surface area contributed by atoms with Gasteiger partial charge in [0.15, 0.2) is 0 Å². The van der Waals surface area contributed by atoms with Crippen molar-refractivity contribution in [1.29, 1.82) is 0 Å². The number of aromatic nitrogens is 2. The van der Waals surface area contributed by atoms with Gasteiger partial charge < -0.3 is 10.6 Å². The smallest absolute Gasteiger partial charge is 0.355 e. The maximum Gasteiger partial charge on any atom is 0.416 e. The van der Waals surface area contributed by atoms with Crippen LogP contribution in [-0.2, 0) is 6.18 Å². The number of halogens is 3. The Balaban J connectivity index is 1.40. The molecule has 2 N–H and O–H groups in total. The van der Waals surface area contributed by atoms with Gasteiger partial charge in [-0.25, -0.2) is 4.98 Å². The second kappa shape index (κ2) is 9.19. The molecule has 5 aromatic rings. The standard InChI is InChI=1S/C26H17F3N4OS/c27-26(28,29)18-4-1-3-17(13-18)24(34)32-20-6-2-5-19(14-20)31-23-15-22(16-7-10-30-11-8-16)33-25-21(23)9-12-35-25/h1-15H,(H,31,33)(H,32,34). The number of nitrogens with one attached hydrogen (secondary N) is 2. The summed E-state index contributed by atoms with van der Waals surface area (Å²) < 4.78 is 39.0. The quantitative estimate of drug-likeness (QED) is 0.270. The van der Waals surface area contributed by atoms with Crippen LogP contribution in [0, 0.1) is 0 Å². The van der Waals surface area contributed by atoms with Crippen molar-refractivity contribution < 1.29 is 18.0 Å². The number of benzene rings is 2. The summed E-state index contributed by atoms with van der Waals surface area (Å²) in [5.74, 6) is -0.627. The highest BCUT2D eigenvalue weighted by molar-refractivity contribution is 7.16. The zero-order valence-electron chi connectivity index (χ0n) is 18.0. The molecule has 2 aromatic carbocycles. The fourth-order valence-corrected chi connectivity index (χ4v) is 4.38. The Hall–Kier alpha value is -4.24. The van der Waals surface area contributed by atoms with Gasteiger partial charge in [-0.1, -0.05) is 12.1 Å². The van der Waals surface area contributed by atoms with E-state index in [0.29, 0.717) is 11.4 Å². The van der Waals surface area contributed by atoms with Crippen molar-refractivity contribution in [2.24, 2.45) is 0 Å². The van der Waals surface area contributed by atoms with Crippen LogP contribution in [-0.4, -0.2) is 15.9 Å². The summed E-state index contributed by atoms with van der Waals surface area (Å²) in [6.45, 7) is 0. The number of anilines is 3. The number of rotatable bonds is 5. The summed E-state index contributed by atoms with van der Waals surface area (Å²) in [5.41, 5.74) is 2.76. The molecule has 0 aliphatic heterocycles. The summed E-state index contributed by atoms with van der Waals surface area (Å²) in [6, 6.07) is 19.0. The van der Waals surface area contributed by atoms with Crippen LogP contribution in [0.5, 0.6) is 0 Å². The topological polar surface area (TPSA) is 66.9 Å². The highest BCUT2D eigenvalue weighted by Crippen LogP contribution is 2.34. The van der Waals surface area contributed by atoms with Gasteiger partial charge in [-0.15, -0.1) is 11.3 Å². The SMILES string of the molecule is O=C(Nc1cccc(Nc2cc(-c3ccncc3)nc3sccc23)c1)c1cccc(C(F)(F)F)c1. The zero-order valence-corrected chi connectivity index (χ0v) is 18.8. The molecule has 0 spiro atoms. The maximum absolute atomic E-state index is 13.0. The van der Waals surface area contributed by atoms with Crippen LogP contribution in [0.15, 0.2) is 90.6 Å². The Kier molecular flexibility index (Phi) is 5.92. The van der Waals surface area contributed by atoms with E-state index in [9.17, 15) is 18.0 Å². The monoisotopic (exact) mass is 490 g/mol. The van der Waals surface area contributed by atoms with E-state index >= 15 is 0 Å². The van der Waals surface area contributed by atoms with E-state index in [0.717, 1.165) is 39.3 Å². The van der Waals surface area contributed by atoms with E-state index in [1.165, 1.54) is 23.5 Å². The van der Waals surface area contributed by atoms with Crippen molar-refractivity contribution in [3.63, 3.8) is 0 Å². The van der Waals surface area contributed by atoms with Gasteiger partial charge in [0.05, 0.1) is 16.9 Å². The molecule has 0 aliphatic rings. The summed E-state index contributed by atoms with van der Waals surface area (Å²) in [7, 11) is 0. The number of pyridine rings is 2. The number of thiophene rings is 1. The van der Waals surface area contributed by atoms with Crippen molar-refractivity contribution in [3.05, 3.63) is 102 Å². The number of carbonyl (C=O) groups excluding carboxylic acids is 1. The molecule has 174 valence electrons. The second-order valence-corrected chi connectivity index (χ2v) is 8.56. The van der Waals surface area contributed by atoms with Crippen LogP contribution in [0.3, 0.4) is 0 Å². The number of fused-ring (bicyclic) bond motifs is 1. The molecule has 5 rings (SSSR count). The number of hydrogen-bond acceptors (Lipinski definition) is 5. The van der Waals surface area contributed by atoms with Gasteiger partial charge in [0, 0.05) is 40.3 Å². The van der Waals surface area contributed by atoms with Crippen molar-refractivity contribution in [2.45, 2.75) is 6.18 Å². The second-order valence-electron chi connectivity index (χ2n) is 7.67. The summed E-state index contributed by atoms with van der Waals surface area (Å²) >= 11 is 1.53. The van der Waals surface area contributed by atoms with Crippen LogP contribution in [0.1, 0.15) is 15.9 Å². The lowest BCUT2D eigenvalue weighted by Crippen LogP contribution is -2.14. The summed E-state index contributed by atoms with van der Waals surface area (Å²) in [4.78, 5) is 22.3. The van der Waals surface area contributed by atoms with Crippen LogP contribution < -0.4 is 10.6 Å². The largest absolute Gasteiger partial charge is 0.416 e. The van der Waals surface area contributed by atoms with Gasteiger partial charge in [-0.2, -0.15) is 13.2 Å². The van der Waals surface area contributed by atoms with E-state index in [2.05, 4.69) is 15.6 Å². The molecule has 1 amide bonds. The molecule has 3 aromatic heterocycles. The fraction of sp³-hybridized carbons (Fsp3) is 0.0385. The van der Waals surface area contributed by atoms with E-state index in [1.54, 1.807) is 30.6 Å². The van der Waals surface area contributed by atoms with Gasteiger partial charge in [0.25, 0.3) is 5.91 Å². The minimum atomic E-state index is -4.52. The molecule has 0 aliphatic carbocycles. The normalized spacial score (nSPS) is 11.4. The third-order valence-corrected chi connectivity index (χ3v) is 6.07. The predicted molar refractivity (Wildman–Crippen MR) is 132 cm³/mol. The predicted octanol–water partition coefficient (Wildman–Crippen LogP) is 7.37. The van der Waals surface area contributed by atoms with Crippen molar-refractivity contribution in [3.8, 4) is 11.3 Å². The lowest BCUT2D eigenvalue weighted by atomic mass is 10.1. The molecule has 0 atom stereocenters.